The molecule has 0 unspecified atom stereocenters. The van der Waals surface area contributed by atoms with Gasteiger partial charge in [-0.15, -0.1) is 0 Å². The van der Waals surface area contributed by atoms with Gasteiger partial charge in [0.2, 0.25) is 106 Å². The van der Waals surface area contributed by atoms with Crippen LogP contribution in [0.15, 0.2) is 79.0 Å². The zero-order chi connectivity index (χ0) is 103. The van der Waals surface area contributed by atoms with Crippen molar-refractivity contribution < 1.29 is 121 Å². The second kappa shape index (κ2) is 56.2. The molecule has 0 radical (unpaired) electrons. The minimum Gasteiger partial charge on any atom is -0.481 e. The van der Waals surface area contributed by atoms with E-state index in [0.29, 0.717) is 38.7 Å². The van der Waals surface area contributed by atoms with Crippen molar-refractivity contribution in [2.75, 3.05) is 63.3 Å². The van der Waals surface area contributed by atoms with E-state index in [2.05, 4.69) is 95.4 Å². The van der Waals surface area contributed by atoms with Crippen LogP contribution in [0, 0.1) is 16.7 Å². The van der Waals surface area contributed by atoms with Crippen molar-refractivity contribution in [2.45, 2.75) is 205 Å². The van der Waals surface area contributed by atoms with E-state index in [0.717, 1.165) is 40.2 Å². The second-order valence-corrected chi connectivity index (χ2v) is 36.6. The number of nitrogens with one attached hydrogen (secondary N) is 20. The Morgan fingerprint density at radius 3 is 1.39 bits per heavy atom. The number of rotatable bonds is 27. The van der Waals surface area contributed by atoms with Gasteiger partial charge in [-0.2, -0.15) is 35.3 Å². The van der Waals surface area contributed by atoms with Gasteiger partial charge in [0.1, 0.15) is 90.6 Å². The molecule has 3 aliphatic rings. The van der Waals surface area contributed by atoms with Crippen molar-refractivity contribution in [3.8, 4) is 0 Å². The van der Waals surface area contributed by atoms with Crippen LogP contribution in [0.3, 0.4) is 0 Å². The highest BCUT2D eigenvalue weighted by Gasteiger charge is 2.44. The number of carbonyl (C=O) groups is 20. The van der Waals surface area contributed by atoms with E-state index >= 15 is 28.8 Å². The van der Waals surface area contributed by atoms with E-state index in [1.807, 2.05) is 0 Å². The van der Waals surface area contributed by atoms with Gasteiger partial charge in [0.25, 0.3) is 0 Å². The number of aromatic amines is 1. The van der Waals surface area contributed by atoms with Crippen LogP contribution in [0.1, 0.15) is 106 Å². The van der Waals surface area contributed by atoms with Crippen LogP contribution in [0.4, 0.5) is 0 Å². The van der Waals surface area contributed by atoms with Gasteiger partial charge in [-0.25, -0.2) is 0 Å². The number of fused-ring (bicyclic) bond motifs is 7. The topological polar surface area (TPSA) is 844 Å². The highest BCUT2D eigenvalue weighted by molar-refractivity contribution is 7.99. The first-order chi connectivity index (χ1) is 66.4. The number of carbonyl (C=O) groups excluding carboxylic acids is 18. The molecule has 1 aromatic heterocycles. The predicted octanol–water partition coefficient (Wildman–Crippen LogP) is -9.91. The lowest BCUT2D eigenvalue weighted by atomic mass is 9.99. The Morgan fingerprint density at radius 2 is 0.900 bits per heavy atom. The van der Waals surface area contributed by atoms with Gasteiger partial charge in [-0.05, 0) is 85.3 Å². The number of aliphatic hydroxyl groups is 3. The third-order valence-corrected chi connectivity index (χ3v) is 25.3. The maximum atomic E-state index is 15.9. The number of hydrogen-bond acceptors (Lipinski definition) is 29. The molecule has 16 atom stereocenters. The Balaban J connectivity index is 1.42. The molecule has 0 saturated carbocycles. The number of carboxylic acids is 2. The summed E-state index contributed by atoms with van der Waals surface area (Å²) in [6.45, 7) is -0.719. The Hall–Kier alpha value is -14.0. The molecule has 4 heterocycles. The number of nitrogens with two attached hydrogens (primary N) is 5. The summed E-state index contributed by atoms with van der Waals surface area (Å²) in [4.78, 5) is 290. The molecule has 1 saturated heterocycles. The fraction of sp³-hybridized carbons (Fsp3) is 0.512. The van der Waals surface area contributed by atoms with Crippen LogP contribution in [0.25, 0.3) is 10.9 Å². The van der Waals surface area contributed by atoms with Gasteiger partial charge in [-0.3, -0.25) is 107 Å². The number of para-hydroxylation sites is 1. The van der Waals surface area contributed by atoms with Crippen molar-refractivity contribution >= 4 is 176 Å². The SMILES string of the molecule is CC(C)[C@@H]1NC(=O)[C@@H]2CCCN2C(=O)[C@@H]2CSCc3cc(cc(c3)CSC[C@@H](C(=O)NCC(N)=O)NC(=O)[C@@H](CO)NC(=O)[C@H](CO)NC(=O)[C@H](CC(=O)O)NC(=O)[C@H](Cc3c[nH]c4ccccc34)NC1=O)CSC[C@H](NC(=O)[C@H](C)N)C(=O)N[C@@H](CO)C(=O)N[C@@H](CC(=O)O)C(=O)N[C@@H](CCCNC(=N)N)C(=O)N[C@@H](Cc1ccccc1)C(=O)N[C@@H](CCCNC(=N)N)C(=O)N[C@@H](CC(N)=O)C(=O)N2. The molecule has 140 heavy (non-hydrogen) atoms. The molecule has 4 bridgehead atoms. The average molecular weight is 2020 g/mol. The zero-order valence-electron chi connectivity index (χ0n) is 76.8. The third kappa shape index (κ3) is 36.4. The number of hydrogen-bond donors (Lipinski definition) is 30. The van der Waals surface area contributed by atoms with Gasteiger partial charge in [-0.1, -0.05) is 80.6 Å². The lowest BCUT2D eigenvalue weighted by Crippen LogP contribution is -2.62. The lowest BCUT2D eigenvalue weighted by molar-refractivity contribution is -0.143. The van der Waals surface area contributed by atoms with Crippen LogP contribution in [0.5, 0.6) is 0 Å². The van der Waals surface area contributed by atoms with Crippen LogP contribution >= 0.6 is 35.3 Å². The number of thioether (sulfide) groups is 3. The molecule has 54 heteroatoms. The van der Waals surface area contributed by atoms with Crippen LogP contribution in [0.2, 0.25) is 0 Å². The Labute approximate surface area is 814 Å². The molecule has 0 aliphatic carbocycles. The Kier molecular flexibility index (Phi) is 45.4. The summed E-state index contributed by atoms with van der Waals surface area (Å²) in [6.07, 6.45) is -3.75. The largest absolute Gasteiger partial charge is 0.481 e. The summed E-state index contributed by atoms with van der Waals surface area (Å²) >= 11 is 2.90. The zero-order valence-corrected chi connectivity index (χ0v) is 79.2. The fourth-order valence-electron chi connectivity index (χ4n) is 14.8. The smallest absolute Gasteiger partial charge is 0.305 e. The van der Waals surface area contributed by atoms with Crippen LogP contribution in [-0.4, -0.2) is 326 Å². The molecule has 0 spiro atoms. The molecule has 35 N–H and O–H groups in total. The van der Waals surface area contributed by atoms with Crippen molar-refractivity contribution in [3.63, 3.8) is 0 Å². The third-order valence-electron chi connectivity index (χ3n) is 22.0. The number of benzene rings is 3. The average Bonchev–Trinajstić information content (AvgIpc) is 1.67. The summed E-state index contributed by atoms with van der Waals surface area (Å²) in [5, 5.41) is 110. The van der Waals surface area contributed by atoms with Crippen molar-refractivity contribution in [1.82, 2.24) is 100 Å². The van der Waals surface area contributed by atoms with Gasteiger partial charge >= 0.3 is 11.9 Å². The van der Waals surface area contributed by atoms with Gasteiger partial charge in [0.05, 0.1) is 51.7 Å². The molecule has 3 aromatic carbocycles. The molecule has 764 valence electrons. The monoisotopic (exact) mass is 2010 g/mol. The predicted molar refractivity (Wildman–Crippen MR) is 507 cm³/mol. The maximum absolute atomic E-state index is 15.9. The summed E-state index contributed by atoms with van der Waals surface area (Å²) in [5.41, 5.74) is 30.9. The Bertz CT molecular complexity index is 5150. The number of carboxylic acid groups (broad SMARTS) is 2. The van der Waals surface area contributed by atoms with Gasteiger partial charge in [0.15, 0.2) is 11.9 Å². The molecule has 51 nitrogen and oxygen atoms in total. The van der Waals surface area contributed by atoms with Crippen LogP contribution < -0.4 is 119 Å². The summed E-state index contributed by atoms with van der Waals surface area (Å²) in [6, 6.07) is -9.49. The minimum atomic E-state index is -2.13. The standard InChI is InChI=1S/C86H122N26O25S3/c1-41(2)68-83(136)104-53(26-47-30-96-49-15-8-7-14-48(47)49)74(127)102-56(29-67(120)121)77(130)105-58(33-114)79(132)106-59(34-115)80(133)109-60(70(123)97-31-65(89)117)38-138-35-44-22-45-24-46(23-44)37-140-40-62(84(137)112-21-11-18-63(112)82(135)111-68)110-75(128)54(27-64(88)116)101-72(125)51(17-10-20-95-86(92)93)98-73(126)52(25-43-12-5-4-6-13-43)100-71(124)50(16-9-19-94-85(90)91)99-76(129)55(28-66(118)119)103-78(131)57(32-113)107-81(134)61(39-139-36-45)108-69(122)42(3)87/h4-8,12-15,22-24,30,41-42,50-63,68,96,113-115H,9-11,16-21,25-29,31-40,87H2,1-3H3,(H2,88,116)(H2,89,117)(H,97,123)(H,98,126)(H,99,129)(H,100,124)(H,101,125)(H,102,127)(H,103,131)(H,104,136)(H,105,130)(H,106,132)(H,107,134)(H,108,122)(H,109,133)(H,110,128)(H,111,135)(H,118,119)(H,120,121)(H4,90,91,94)(H4,92,93,95)/t42-,50-,51-,52-,53-,54-,55-,56-,57-,58-,59+,60-,61-,62-,63-,68-/m0/s1. The number of aromatic nitrogens is 1. The van der Waals surface area contributed by atoms with Crippen LogP contribution in [-0.2, 0) is 126 Å². The quantitative estimate of drug-likeness (QED) is 0.0150. The van der Waals surface area contributed by atoms with E-state index in [-0.39, 0.29) is 74.7 Å². The first kappa shape index (κ1) is 113. The fourth-order valence-corrected chi connectivity index (χ4v) is 17.8. The molecule has 18 amide bonds. The lowest BCUT2D eigenvalue weighted by Gasteiger charge is -2.32. The number of amides is 18. The molecular weight excluding hydrogens is 1890 g/mol. The van der Waals surface area contributed by atoms with Crippen molar-refractivity contribution in [2.24, 2.45) is 34.6 Å². The van der Waals surface area contributed by atoms with Crippen molar-refractivity contribution in [3.05, 3.63) is 107 Å². The van der Waals surface area contributed by atoms with E-state index in [1.54, 1.807) is 72.8 Å². The minimum absolute atomic E-state index is 0.0967. The van der Waals surface area contributed by atoms with Gasteiger partial charge < -0.3 is 154 Å². The molecule has 7 rings (SSSR count). The van der Waals surface area contributed by atoms with Gasteiger partial charge in [0, 0.05) is 84.1 Å². The first-order valence-corrected chi connectivity index (χ1v) is 47.9. The van der Waals surface area contributed by atoms with E-state index < -0.39 is 309 Å². The highest BCUT2D eigenvalue weighted by atomic mass is 32.2. The summed E-state index contributed by atoms with van der Waals surface area (Å²) in [7, 11) is 0. The maximum Gasteiger partial charge on any atom is 0.305 e. The normalized spacial score (nSPS) is 24.3. The van der Waals surface area contributed by atoms with E-state index in [9.17, 15) is 92.7 Å². The highest BCUT2D eigenvalue weighted by Crippen LogP contribution is 2.28. The Morgan fingerprint density at radius 1 is 0.471 bits per heavy atom. The van der Waals surface area contributed by atoms with Crippen molar-refractivity contribution in [1.29, 1.82) is 10.8 Å². The molecule has 4 aromatic rings. The number of H-pyrrole nitrogens is 1. The number of aliphatic carboxylic acids is 2. The summed E-state index contributed by atoms with van der Waals surface area (Å²) < 4.78 is 0. The number of nitrogens with zero attached hydrogens (tertiary/aromatic N) is 1. The first-order valence-electron chi connectivity index (χ1n) is 44.5. The molecule has 3 aliphatic heterocycles. The second-order valence-electron chi connectivity index (χ2n) is 33.5. The number of primary amides is 2. The number of aliphatic hydroxyl groups excluding tert-OH is 3. The summed E-state index contributed by atoms with van der Waals surface area (Å²) in [5.74, 6) is -28.1. The van der Waals surface area contributed by atoms with E-state index in [1.165, 1.54) is 27.0 Å². The molecule has 1 fully saturated rings. The van der Waals surface area contributed by atoms with E-state index in [4.69, 9.17) is 39.5 Å². The number of guanidine groups is 2. The molecular formula is C86H122N26O25S3.